The third kappa shape index (κ3) is 4.27. The number of nitrogens with zero attached hydrogens (tertiary/aromatic N) is 3. The quantitative estimate of drug-likeness (QED) is 0.315. The fourth-order valence-electron chi connectivity index (χ4n) is 2.95. The molecular weight excluding hydrogens is 382 g/mol. The van der Waals surface area contributed by atoms with Crippen LogP contribution in [0.2, 0.25) is 0 Å². The number of unbranched alkanes of at least 4 members (excludes halogenated alkanes) is 1. The van der Waals surface area contributed by atoms with Crippen LogP contribution in [0.1, 0.15) is 25.3 Å². The van der Waals surface area contributed by atoms with Gasteiger partial charge >= 0.3 is 0 Å². The molecule has 4 rings (SSSR count). The Kier molecular flexibility index (Phi) is 5.81. The molecule has 0 bridgehead atoms. The van der Waals surface area contributed by atoms with Gasteiger partial charge in [0.05, 0.1) is 18.2 Å². The third-order valence-corrected chi connectivity index (χ3v) is 5.43. The topological polar surface area (TPSA) is 56.5 Å². The minimum Gasteiger partial charge on any atom is -0.494 e. The minimum atomic E-state index is -0.175. The van der Waals surface area contributed by atoms with Crippen LogP contribution in [-0.4, -0.2) is 22.5 Å². The highest BCUT2D eigenvalue weighted by Crippen LogP contribution is 2.30. The maximum absolute atomic E-state index is 13.0. The van der Waals surface area contributed by atoms with E-state index in [-0.39, 0.29) is 5.56 Å². The van der Waals surface area contributed by atoms with Crippen LogP contribution in [0.5, 0.6) is 5.75 Å². The Morgan fingerprint density at radius 2 is 1.93 bits per heavy atom. The van der Waals surface area contributed by atoms with Gasteiger partial charge in [0, 0.05) is 10.9 Å². The van der Waals surface area contributed by atoms with Crippen molar-refractivity contribution in [2.24, 2.45) is 5.10 Å². The highest BCUT2D eigenvalue weighted by Gasteiger charge is 2.12. The molecule has 0 N–H and O–H groups in total. The van der Waals surface area contributed by atoms with Crippen LogP contribution in [0.3, 0.4) is 0 Å². The summed E-state index contributed by atoms with van der Waals surface area (Å²) in [6.45, 7) is 2.85. The summed E-state index contributed by atoms with van der Waals surface area (Å²) in [6.07, 6.45) is 5.26. The highest BCUT2D eigenvalue weighted by atomic mass is 32.1. The van der Waals surface area contributed by atoms with E-state index < -0.39 is 0 Å². The summed E-state index contributed by atoms with van der Waals surface area (Å²) in [4.78, 5) is 18.1. The van der Waals surface area contributed by atoms with Gasteiger partial charge in [-0.1, -0.05) is 43.7 Å². The molecule has 0 aliphatic heterocycles. The third-order valence-electron chi connectivity index (χ3n) is 4.54. The van der Waals surface area contributed by atoms with Crippen LogP contribution < -0.4 is 10.3 Å². The van der Waals surface area contributed by atoms with Crippen LogP contribution in [0.25, 0.3) is 21.3 Å². The molecule has 2 aromatic carbocycles. The lowest BCUT2D eigenvalue weighted by molar-refractivity contribution is 0.309. The first-order chi connectivity index (χ1) is 14.3. The molecule has 29 heavy (non-hydrogen) atoms. The zero-order valence-corrected chi connectivity index (χ0v) is 16.9. The van der Waals surface area contributed by atoms with Crippen molar-refractivity contribution in [3.63, 3.8) is 0 Å². The van der Waals surface area contributed by atoms with Crippen molar-refractivity contribution in [3.05, 3.63) is 82.2 Å². The molecule has 0 fully saturated rings. The lowest BCUT2D eigenvalue weighted by atomic mass is 10.1. The maximum Gasteiger partial charge on any atom is 0.283 e. The van der Waals surface area contributed by atoms with Crippen LogP contribution in [0.4, 0.5) is 0 Å². The molecule has 6 heteroatoms. The largest absolute Gasteiger partial charge is 0.494 e. The fraction of sp³-hybridized carbons (Fsp3) is 0.174. The van der Waals surface area contributed by atoms with E-state index in [1.807, 2.05) is 60.0 Å². The number of fused-ring (bicyclic) bond motifs is 1. The second kappa shape index (κ2) is 8.84. The van der Waals surface area contributed by atoms with Crippen molar-refractivity contribution in [1.82, 2.24) is 9.66 Å². The van der Waals surface area contributed by atoms with Gasteiger partial charge in [-0.2, -0.15) is 9.78 Å². The van der Waals surface area contributed by atoms with E-state index in [1.165, 1.54) is 22.3 Å². The fourth-order valence-corrected chi connectivity index (χ4v) is 3.86. The molecule has 0 spiro atoms. The molecule has 0 aliphatic rings. The summed E-state index contributed by atoms with van der Waals surface area (Å²) < 4.78 is 6.95. The predicted molar refractivity (Wildman–Crippen MR) is 119 cm³/mol. The molecule has 0 saturated heterocycles. The van der Waals surface area contributed by atoms with Crippen LogP contribution >= 0.6 is 11.3 Å². The van der Waals surface area contributed by atoms with Gasteiger partial charge in [0.1, 0.15) is 16.9 Å². The average molecular weight is 404 g/mol. The van der Waals surface area contributed by atoms with Gasteiger partial charge in [0.2, 0.25) is 0 Å². The zero-order valence-electron chi connectivity index (χ0n) is 16.1. The van der Waals surface area contributed by atoms with E-state index in [0.29, 0.717) is 10.2 Å². The lowest BCUT2D eigenvalue weighted by Gasteiger charge is -2.05. The van der Waals surface area contributed by atoms with Crippen molar-refractivity contribution in [3.8, 4) is 16.9 Å². The molecule has 146 valence electrons. The highest BCUT2D eigenvalue weighted by molar-refractivity contribution is 7.17. The predicted octanol–water partition coefficient (Wildman–Crippen LogP) is 5.19. The normalized spacial score (nSPS) is 11.3. The number of thiophene rings is 1. The minimum absolute atomic E-state index is 0.175. The summed E-state index contributed by atoms with van der Waals surface area (Å²) in [5, 5.41) is 6.90. The van der Waals surface area contributed by atoms with Crippen molar-refractivity contribution >= 4 is 27.8 Å². The van der Waals surface area contributed by atoms with Gasteiger partial charge in [0.15, 0.2) is 0 Å². The molecule has 0 radical (unpaired) electrons. The van der Waals surface area contributed by atoms with E-state index in [1.54, 1.807) is 6.21 Å². The standard InChI is InChI=1S/C23H21N3O2S/c1-2-3-13-28-19-11-9-17(10-12-19)14-25-26-16-24-22-21(23(26)27)20(15-29-22)18-7-5-4-6-8-18/h4-12,14-16H,2-3,13H2,1H3/b25-14+. The van der Waals surface area contributed by atoms with E-state index in [4.69, 9.17) is 4.74 Å². The molecule has 4 aromatic rings. The molecule has 0 unspecified atom stereocenters. The van der Waals surface area contributed by atoms with Gasteiger partial charge in [-0.15, -0.1) is 11.3 Å². The summed E-state index contributed by atoms with van der Waals surface area (Å²) in [6, 6.07) is 17.5. The van der Waals surface area contributed by atoms with E-state index in [9.17, 15) is 4.79 Å². The van der Waals surface area contributed by atoms with Gasteiger partial charge in [-0.3, -0.25) is 4.79 Å². The SMILES string of the molecule is CCCCOc1ccc(/C=N/n2cnc3scc(-c4ccccc4)c3c2=O)cc1. The first-order valence-corrected chi connectivity index (χ1v) is 10.5. The molecule has 0 saturated carbocycles. The molecule has 2 heterocycles. The van der Waals surface area contributed by atoms with Gasteiger partial charge in [-0.25, -0.2) is 4.98 Å². The monoisotopic (exact) mass is 403 g/mol. The Balaban J connectivity index is 1.60. The molecule has 0 amide bonds. The Hall–Kier alpha value is -3.25. The second-order valence-corrected chi connectivity index (χ2v) is 7.46. The number of rotatable bonds is 7. The second-order valence-electron chi connectivity index (χ2n) is 6.61. The number of hydrogen-bond donors (Lipinski definition) is 0. The molecule has 2 aromatic heterocycles. The summed E-state index contributed by atoms with van der Waals surface area (Å²) in [7, 11) is 0. The first kappa shape index (κ1) is 19.1. The number of benzene rings is 2. The first-order valence-electron chi connectivity index (χ1n) is 9.58. The Morgan fingerprint density at radius 3 is 2.69 bits per heavy atom. The van der Waals surface area contributed by atoms with Gasteiger partial charge < -0.3 is 4.74 Å². The van der Waals surface area contributed by atoms with Gasteiger partial charge in [0.25, 0.3) is 5.56 Å². The summed E-state index contributed by atoms with van der Waals surface area (Å²) in [5.74, 6) is 0.835. The molecule has 5 nitrogen and oxygen atoms in total. The van der Waals surface area contributed by atoms with Crippen LogP contribution in [0.15, 0.2) is 76.2 Å². The van der Waals surface area contributed by atoms with E-state index >= 15 is 0 Å². The molecule has 0 aliphatic carbocycles. The molecular formula is C23H21N3O2S. The number of aromatic nitrogens is 2. The summed E-state index contributed by atoms with van der Waals surface area (Å²) in [5.41, 5.74) is 2.60. The molecule has 0 atom stereocenters. The van der Waals surface area contributed by atoms with Crippen LogP contribution in [0, 0.1) is 0 Å². The van der Waals surface area contributed by atoms with Crippen molar-refractivity contribution in [2.45, 2.75) is 19.8 Å². The number of hydrogen-bond acceptors (Lipinski definition) is 5. The van der Waals surface area contributed by atoms with Gasteiger partial charge in [-0.05, 0) is 41.8 Å². The number of ether oxygens (including phenoxy) is 1. The summed E-state index contributed by atoms with van der Waals surface area (Å²) >= 11 is 1.47. The zero-order chi connectivity index (χ0) is 20.1. The maximum atomic E-state index is 13.0. The average Bonchev–Trinajstić information content (AvgIpc) is 3.20. The Bertz CT molecular complexity index is 1180. The van der Waals surface area contributed by atoms with Crippen molar-refractivity contribution < 1.29 is 4.74 Å². The van der Waals surface area contributed by atoms with Crippen LogP contribution in [-0.2, 0) is 0 Å². The van der Waals surface area contributed by atoms with Crippen molar-refractivity contribution in [2.75, 3.05) is 6.61 Å². The Labute approximate surface area is 172 Å². The Morgan fingerprint density at radius 1 is 1.14 bits per heavy atom. The van der Waals surface area contributed by atoms with Crippen molar-refractivity contribution in [1.29, 1.82) is 0 Å². The smallest absolute Gasteiger partial charge is 0.283 e. The van der Waals surface area contributed by atoms with E-state index in [0.717, 1.165) is 41.9 Å². The van der Waals surface area contributed by atoms with E-state index in [2.05, 4.69) is 17.0 Å². The lowest BCUT2D eigenvalue weighted by Crippen LogP contribution is -2.16.